The lowest BCUT2D eigenvalue weighted by Gasteiger charge is -2.18. The van der Waals surface area contributed by atoms with E-state index in [-0.39, 0.29) is 17.7 Å². The minimum absolute atomic E-state index is 0.158. The van der Waals surface area contributed by atoms with Crippen LogP contribution in [-0.4, -0.2) is 57.3 Å². The molecule has 11 nitrogen and oxygen atoms in total. The zero-order valence-corrected chi connectivity index (χ0v) is 25.8. The number of benzene rings is 2. The lowest BCUT2D eigenvalue weighted by atomic mass is 10.1. The molecular formula is C34H28N8O3S. The van der Waals surface area contributed by atoms with Crippen LogP contribution in [0.5, 0.6) is 0 Å². The maximum Gasteiger partial charge on any atom is 0.268 e. The number of rotatable bonds is 9. The Balaban J connectivity index is 1.28. The zero-order chi connectivity index (χ0) is 32.2. The van der Waals surface area contributed by atoms with Crippen molar-refractivity contribution in [1.29, 1.82) is 10.5 Å². The number of thiophene rings is 1. The van der Waals surface area contributed by atoms with Gasteiger partial charge in [-0.25, -0.2) is 4.98 Å². The molecule has 4 heterocycles. The lowest BCUT2D eigenvalue weighted by Crippen LogP contribution is -2.26. The number of fused-ring (bicyclic) bond motifs is 1. The molecule has 0 unspecified atom stereocenters. The van der Waals surface area contributed by atoms with Crippen molar-refractivity contribution in [2.75, 3.05) is 30.4 Å². The van der Waals surface area contributed by atoms with Crippen LogP contribution in [0.4, 0.5) is 11.6 Å². The summed E-state index contributed by atoms with van der Waals surface area (Å²) in [5, 5.41) is 21.4. The van der Waals surface area contributed by atoms with E-state index >= 15 is 0 Å². The minimum Gasteiger partial charge on any atom is -0.343 e. The first-order valence-electron chi connectivity index (χ1n) is 14.7. The average Bonchev–Trinajstić information content (AvgIpc) is 3.83. The van der Waals surface area contributed by atoms with Crippen molar-refractivity contribution in [3.05, 3.63) is 94.6 Å². The van der Waals surface area contributed by atoms with Crippen molar-refractivity contribution in [1.82, 2.24) is 19.4 Å². The summed E-state index contributed by atoms with van der Waals surface area (Å²) >= 11 is 1.28. The molecule has 1 aliphatic heterocycles. The summed E-state index contributed by atoms with van der Waals surface area (Å²) in [6, 6.07) is 21.4. The molecular weight excluding hydrogens is 600 g/mol. The Morgan fingerprint density at radius 2 is 1.87 bits per heavy atom. The van der Waals surface area contributed by atoms with E-state index in [1.807, 2.05) is 27.7 Å². The number of aryl methyl sites for hydroxylation is 1. The maximum absolute atomic E-state index is 13.5. The third-order valence-electron chi connectivity index (χ3n) is 7.85. The molecule has 0 spiro atoms. The number of hydrogen-bond acceptors (Lipinski definition) is 8. The second kappa shape index (κ2) is 13.0. The van der Waals surface area contributed by atoms with Crippen molar-refractivity contribution in [2.45, 2.75) is 25.8 Å². The molecule has 0 saturated carbocycles. The number of nitrogens with one attached hydrogen (secondary N) is 1. The van der Waals surface area contributed by atoms with Crippen molar-refractivity contribution in [2.24, 2.45) is 0 Å². The second-order valence-electron chi connectivity index (χ2n) is 10.8. The van der Waals surface area contributed by atoms with E-state index in [1.165, 1.54) is 22.4 Å². The van der Waals surface area contributed by atoms with Gasteiger partial charge in [-0.1, -0.05) is 6.07 Å². The molecule has 12 heteroatoms. The first-order valence-corrected chi connectivity index (χ1v) is 15.5. The quantitative estimate of drug-likeness (QED) is 0.228. The van der Waals surface area contributed by atoms with Gasteiger partial charge in [0.25, 0.3) is 11.8 Å². The molecule has 6 rings (SSSR count). The van der Waals surface area contributed by atoms with Gasteiger partial charge in [-0.15, -0.1) is 11.3 Å². The van der Waals surface area contributed by atoms with E-state index in [1.54, 1.807) is 55.7 Å². The summed E-state index contributed by atoms with van der Waals surface area (Å²) in [6.45, 7) is 1.86. The molecule has 0 atom stereocenters. The van der Waals surface area contributed by atoms with Gasteiger partial charge >= 0.3 is 0 Å². The molecule has 2 aromatic carbocycles. The van der Waals surface area contributed by atoms with Crippen LogP contribution in [0.15, 0.2) is 73.1 Å². The molecule has 3 amide bonds. The highest BCUT2D eigenvalue weighted by Gasteiger charge is 2.22. The summed E-state index contributed by atoms with van der Waals surface area (Å²) in [4.78, 5) is 52.4. The van der Waals surface area contributed by atoms with Crippen LogP contribution >= 0.6 is 11.3 Å². The molecule has 1 N–H and O–H groups in total. The number of likely N-dealkylation sites (tertiary alicyclic amines) is 1. The molecule has 1 fully saturated rings. The van der Waals surface area contributed by atoms with E-state index in [0.29, 0.717) is 64.7 Å². The van der Waals surface area contributed by atoms with Gasteiger partial charge in [0.1, 0.15) is 6.07 Å². The summed E-state index contributed by atoms with van der Waals surface area (Å²) in [6.07, 6.45) is 5.24. The van der Waals surface area contributed by atoms with E-state index in [9.17, 15) is 24.9 Å². The SMILES string of the molecule is CN(C(=O)c1cccc(C#N)c1)c1ccc2c(c1)nc(NC(=O)c1ccc(-c3cncc(C#N)c3)s1)n2CCCN1CCCC1=O. The number of carbonyl (C=O) groups is 3. The number of aromatic nitrogens is 3. The predicted octanol–water partition coefficient (Wildman–Crippen LogP) is 5.44. The largest absolute Gasteiger partial charge is 0.343 e. The Kier molecular flexibility index (Phi) is 8.55. The van der Waals surface area contributed by atoms with Gasteiger partial charge in [0.15, 0.2) is 0 Å². The lowest BCUT2D eigenvalue weighted by molar-refractivity contribution is -0.127. The highest BCUT2D eigenvalue weighted by molar-refractivity contribution is 7.17. The fourth-order valence-electron chi connectivity index (χ4n) is 5.46. The van der Waals surface area contributed by atoms with Crippen LogP contribution in [0.1, 0.15) is 50.4 Å². The second-order valence-corrected chi connectivity index (χ2v) is 11.9. The standard InChI is InChI=1S/C34H28N8O3S/c1-40(33(45)24-6-2-5-22(15-24)18-35)26-8-9-28-27(17-26)38-34(42(28)14-4-13-41-12-3-7-31(41)43)39-32(44)30-11-10-29(46-30)25-16-23(19-36)20-37-21-25/h2,5-6,8-11,15-17,20-21H,3-4,7,12-14H2,1H3,(H,38,39,44). The van der Waals surface area contributed by atoms with Crippen LogP contribution in [0, 0.1) is 22.7 Å². The number of nitrogens with zero attached hydrogens (tertiary/aromatic N) is 7. The van der Waals surface area contributed by atoms with Gasteiger partial charge in [-0.05, 0) is 67.4 Å². The highest BCUT2D eigenvalue weighted by atomic mass is 32.1. The molecule has 46 heavy (non-hydrogen) atoms. The fourth-order valence-corrected chi connectivity index (χ4v) is 6.34. The van der Waals surface area contributed by atoms with Crippen molar-refractivity contribution >= 4 is 51.7 Å². The number of imidazole rings is 1. The van der Waals surface area contributed by atoms with Gasteiger partial charge in [-0.2, -0.15) is 10.5 Å². The van der Waals surface area contributed by atoms with Gasteiger partial charge < -0.3 is 14.4 Å². The molecule has 3 aromatic heterocycles. The van der Waals surface area contributed by atoms with Crippen LogP contribution in [0.2, 0.25) is 0 Å². The third-order valence-corrected chi connectivity index (χ3v) is 8.98. The highest BCUT2D eigenvalue weighted by Crippen LogP contribution is 2.30. The Hall–Kier alpha value is -5.85. The number of nitriles is 2. The third kappa shape index (κ3) is 6.20. The first-order chi connectivity index (χ1) is 22.3. The van der Waals surface area contributed by atoms with Gasteiger partial charge in [-0.3, -0.25) is 24.7 Å². The van der Waals surface area contributed by atoms with Crippen molar-refractivity contribution in [3.63, 3.8) is 0 Å². The smallest absolute Gasteiger partial charge is 0.268 e. The summed E-state index contributed by atoms with van der Waals surface area (Å²) in [7, 11) is 1.66. The van der Waals surface area contributed by atoms with E-state index in [0.717, 1.165) is 28.9 Å². The number of anilines is 2. The average molecular weight is 629 g/mol. The van der Waals surface area contributed by atoms with Crippen molar-refractivity contribution < 1.29 is 14.4 Å². The summed E-state index contributed by atoms with van der Waals surface area (Å²) < 4.78 is 1.92. The molecule has 1 saturated heterocycles. The van der Waals surface area contributed by atoms with E-state index < -0.39 is 0 Å². The minimum atomic E-state index is -0.336. The number of carbonyl (C=O) groups excluding carboxylic acids is 3. The monoisotopic (exact) mass is 628 g/mol. The van der Waals surface area contributed by atoms with Gasteiger partial charge in [0.05, 0.1) is 33.1 Å². The van der Waals surface area contributed by atoms with Crippen molar-refractivity contribution in [3.8, 4) is 22.6 Å². The Labute approximate surface area is 268 Å². The normalized spacial score (nSPS) is 12.6. The van der Waals surface area contributed by atoms with Crippen LogP contribution in [-0.2, 0) is 11.3 Å². The predicted molar refractivity (Wildman–Crippen MR) is 174 cm³/mol. The number of hydrogen-bond donors (Lipinski definition) is 1. The summed E-state index contributed by atoms with van der Waals surface area (Å²) in [5.41, 5.74) is 3.92. The Morgan fingerprint density at radius 3 is 2.65 bits per heavy atom. The van der Waals surface area contributed by atoms with Crippen LogP contribution in [0.3, 0.4) is 0 Å². The van der Waals surface area contributed by atoms with Gasteiger partial charge in [0.2, 0.25) is 11.9 Å². The van der Waals surface area contributed by atoms with Crippen LogP contribution < -0.4 is 10.2 Å². The molecule has 1 aliphatic rings. The first kappa shape index (κ1) is 30.2. The topological polar surface area (TPSA) is 148 Å². The zero-order valence-electron chi connectivity index (χ0n) is 24.9. The molecule has 0 radical (unpaired) electrons. The molecule has 228 valence electrons. The molecule has 5 aromatic rings. The number of amides is 3. The van der Waals surface area contributed by atoms with Crippen LogP contribution in [0.25, 0.3) is 21.5 Å². The number of pyridine rings is 1. The fraction of sp³-hybridized carbons (Fsp3) is 0.206. The van der Waals surface area contributed by atoms with E-state index in [2.05, 4.69) is 22.4 Å². The Bertz CT molecular complexity index is 2070. The molecule has 0 bridgehead atoms. The van der Waals surface area contributed by atoms with E-state index in [4.69, 9.17) is 4.98 Å². The summed E-state index contributed by atoms with van der Waals surface area (Å²) in [5.74, 6) is -0.102. The van der Waals surface area contributed by atoms with Gasteiger partial charge in [0, 0.05) is 67.2 Å². The molecule has 0 aliphatic carbocycles. The Morgan fingerprint density at radius 1 is 1.02 bits per heavy atom. The maximum atomic E-state index is 13.5.